The molecule has 0 aliphatic rings. The molecule has 21 heavy (non-hydrogen) atoms. The Hall–Kier alpha value is -1.33. The largest absolute Gasteiger partial charge is 0.494 e. The average molecular weight is 314 g/mol. The summed E-state index contributed by atoms with van der Waals surface area (Å²) in [7, 11) is 5.52. The van der Waals surface area contributed by atoms with Crippen molar-refractivity contribution in [2.75, 3.05) is 33.6 Å². The number of rotatable bonds is 6. The molecular weight excluding hydrogens is 293 g/mol. The van der Waals surface area contributed by atoms with Gasteiger partial charge in [0.1, 0.15) is 5.82 Å². The van der Waals surface area contributed by atoms with Gasteiger partial charge in [0.15, 0.2) is 11.6 Å². The number of aromatic nitrogens is 2. The first kappa shape index (κ1) is 16.0. The number of likely N-dealkylation sites (N-methyl/N-ethyl adjacent to an activating group) is 1. The normalized spacial score (nSPS) is 13.1. The Bertz CT molecular complexity index is 627. The number of halogens is 2. The van der Waals surface area contributed by atoms with Gasteiger partial charge >= 0.3 is 0 Å². The van der Waals surface area contributed by atoms with Crippen LogP contribution in [0.3, 0.4) is 0 Å². The minimum absolute atomic E-state index is 0.207. The van der Waals surface area contributed by atoms with Crippen molar-refractivity contribution < 1.29 is 9.13 Å². The maximum absolute atomic E-state index is 13.8. The van der Waals surface area contributed by atoms with Crippen molar-refractivity contribution >= 4 is 22.6 Å². The molecule has 2 rings (SSSR count). The van der Waals surface area contributed by atoms with Crippen molar-refractivity contribution in [3.63, 3.8) is 0 Å². The zero-order chi connectivity index (χ0) is 15.6. The van der Waals surface area contributed by atoms with E-state index < -0.39 is 5.82 Å². The van der Waals surface area contributed by atoms with E-state index in [9.17, 15) is 4.39 Å². The predicted molar refractivity (Wildman–Crippen MR) is 83.9 cm³/mol. The second-order valence-corrected chi connectivity index (χ2v) is 5.80. The molecule has 0 N–H and O–H groups in total. The van der Waals surface area contributed by atoms with Crippen LogP contribution in [0.5, 0.6) is 5.75 Å². The minimum Gasteiger partial charge on any atom is -0.494 e. The van der Waals surface area contributed by atoms with Gasteiger partial charge in [0, 0.05) is 37.0 Å². The van der Waals surface area contributed by atoms with Crippen LogP contribution in [0.25, 0.3) is 11.0 Å². The lowest BCUT2D eigenvalue weighted by Crippen LogP contribution is -2.23. The summed E-state index contributed by atoms with van der Waals surface area (Å²) in [6, 6.07) is 3.34. The van der Waals surface area contributed by atoms with Gasteiger partial charge in [-0.2, -0.15) is 0 Å². The molecule has 0 spiro atoms. The van der Waals surface area contributed by atoms with E-state index >= 15 is 0 Å². The first-order valence-electron chi connectivity index (χ1n) is 6.93. The first-order valence-corrected chi connectivity index (χ1v) is 7.46. The van der Waals surface area contributed by atoms with Crippen LogP contribution in [0.4, 0.5) is 4.39 Å². The van der Waals surface area contributed by atoms with Crippen LogP contribution in [0.2, 0.25) is 0 Å². The number of fused-ring (bicyclic) bond motifs is 1. The highest BCUT2D eigenvalue weighted by molar-refractivity contribution is 6.17. The van der Waals surface area contributed by atoms with Gasteiger partial charge in [-0.25, -0.2) is 9.37 Å². The monoisotopic (exact) mass is 313 g/mol. The van der Waals surface area contributed by atoms with E-state index in [2.05, 4.69) is 21.4 Å². The van der Waals surface area contributed by atoms with Gasteiger partial charge in [-0.15, -0.1) is 11.6 Å². The maximum atomic E-state index is 13.8. The zero-order valence-electron chi connectivity index (χ0n) is 12.9. The Morgan fingerprint density at radius 2 is 2.14 bits per heavy atom. The highest BCUT2D eigenvalue weighted by atomic mass is 35.5. The van der Waals surface area contributed by atoms with Crippen LogP contribution in [0.15, 0.2) is 12.1 Å². The van der Waals surface area contributed by atoms with Gasteiger partial charge in [-0.3, -0.25) is 0 Å². The van der Waals surface area contributed by atoms with Gasteiger partial charge in [0.25, 0.3) is 0 Å². The molecule has 2 aromatic rings. The van der Waals surface area contributed by atoms with E-state index in [1.54, 1.807) is 6.07 Å². The molecule has 0 fully saturated rings. The average Bonchev–Trinajstić information content (AvgIpc) is 2.74. The standard InChI is InChI=1S/C15H21ClFN3O/c1-10(9-19(2)3)20-13-8-14(21-4)11(17)7-12(13)18-15(20)5-6-16/h7-8,10H,5-6,9H2,1-4H3. The van der Waals surface area contributed by atoms with Crippen molar-refractivity contribution in [3.8, 4) is 5.75 Å². The highest BCUT2D eigenvalue weighted by Gasteiger charge is 2.18. The van der Waals surface area contributed by atoms with E-state index in [0.29, 0.717) is 17.8 Å². The zero-order valence-corrected chi connectivity index (χ0v) is 13.6. The molecule has 1 aromatic heterocycles. The lowest BCUT2D eigenvalue weighted by Gasteiger charge is -2.21. The SMILES string of the molecule is COc1cc2c(cc1F)nc(CCCl)n2C(C)CN(C)C. The molecular formula is C15H21ClFN3O. The Balaban J connectivity index is 2.59. The van der Waals surface area contributed by atoms with Crippen LogP contribution in [0, 0.1) is 5.82 Å². The number of aryl methyl sites for hydroxylation is 1. The number of hydrogen-bond donors (Lipinski definition) is 0. The molecule has 1 heterocycles. The number of hydrogen-bond acceptors (Lipinski definition) is 3. The maximum Gasteiger partial charge on any atom is 0.167 e. The third-order valence-corrected chi connectivity index (χ3v) is 3.61. The molecule has 4 nitrogen and oxygen atoms in total. The summed E-state index contributed by atoms with van der Waals surface area (Å²) in [6.07, 6.45) is 0.651. The van der Waals surface area contributed by atoms with Gasteiger partial charge < -0.3 is 14.2 Å². The van der Waals surface area contributed by atoms with E-state index in [1.165, 1.54) is 13.2 Å². The predicted octanol–water partition coefficient (Wildman–Crippen LogP) is 3.09. The number of imidazole rings is 1. The first-order chi connectivity index (χ1) is 9.97. The molecule has 1 atom stereocenters. The van der Waals surface area contributed by atoms with Crippen LogP contribution in [-0.2, 0) is 6.42 Å². The molecule has 116 valence electrons. The Morgan fingerprint density at radius 1 is 1.43 bits per heavy atom. The summed E-state index contributed by atoms with van der Waals surface area (Å²) in [5, 5.41) is 0. The fraction of sp³-hybridized carbons (Fsp3) is 0.533. The lowest BCUT2D eigenvalue weighted by molar-refractivity contribution is 0.336. The van der Waals surface area contributed by atoms with Crippen LogP contribution in [-0.4, -0.2) is 48.1 Å². The molecule has 0 aliphatic heterocycles. The number of nitrogens with zero attached hydrogens (tertiary/aromatic N) is 3. The molecule has 0 bridgehead atoms. The molecule has 1 unspecified atom stereocenters. The topological polar surface area (TPSA) is 30.3 Å². The summed E-state index contributed by atoms with van der Waals surface area (Å²) >= 11 is 5.87. The molecule has 0 saturated carbocycles. The van der Waals surface area contributed by atoms with E-state index in [1.807, 2.05) is 14.1 Å². The Morgan fingerprint density at radius 3 is 2.71 bits per heavy atom. The fourth-order valence-corrected chi connectivity index (χ4v) is 2.83. The van der Waals surface area contributed by atoms with E-state index in [-0.39, 0.29) is 11.8 Å². The van der Waals surface area contributed by atoms with Crippen molar-refractivity contribution in [1.82, 2.24) is 14.5 Å². The van der Waals surface area contributed by atoms with Crippen LogP contribution in [0.1, 0.15) is 18.8 Å². The molecule has 0 aliphatic carbocycles. The van der Waals surface area contributed by atoms with Crippen LogP contribution < -0.4 is 4.74 Å². The van der Waals surface area contributed by atoms with Crippen molar-refractivity contribution in [1.29, 1.82) is 0 Å². The van der Waals surface area contributed by atoms with Crippen LogP contribution >= 0.6 is 11.6 Å². The van der Waals surface area contributed by atoms with Gasteiger partial charge in [0.05, 0.1) is 18.1 Å². The Labute approximate surface area is 129 Å². The smallest absolute Gasteiger partial charge is 0.167 e. The molecule has 1 aromatic carbocycles. The number of methoxy groups -OCH3 is 1. The van der Waals surface area contributed by atoms with Crippen molar-refractivity contribution in [2.24, 2.45) is 0 Å². The van der Waals surface area contributed by atoms with Crippen molar-refractivity contribution in [2.45, 2.75) is 19.4 Å². The number of benzene rings is 1. The third kappa shape index (κ3) is 3.30. The lowest BCUT2D eigenvalue weighted by atomic mass is 10.2. The van der Waals surface area contributed by atoms with Gasteiger partial charge in [-0.1, -0.05) is 0 Å². The molecule has 0 amide bonds. The summed E-state index contributed by atoms with van der Waals surface area (Å²) < 4.78 is 21.1. The second kappa shape index (κ2) is 6.62. The summed E-state index contributed by atoms with van der Waals surface area (Å²) in [5.41, 5.74) is 1.52. The van der Waals surface area contributed by atoms with Crippen molar-refractivity contribution in [3.05, 3.63) is 23.8 Å². The molecule has 6 heteroatoms. The number of alkyl halides is 1. The summed E-state index contributed by atoms with van der Waals surface area (Å²) in [5.74, 6) is 1.20. The minimum atomic E-state index is -0.396. The number of ether oxygens (including phenoxy) is 1. The molecule has 0 radical (unpaired) electrons. The highest BCUT2D eigenvalue weighted by Crippen LogP contribution is 2.28. The molecule has 0 saturated heterocycles. The Kier molecular flexibility index (Phi) is 5.06. The summed E-state index contributed by atoms with van der Waals surface area (Å²) in [6.45, 7) is 2.98. The summed E-state index contributed by atoms with van der Waals surface area (Å²) in [4.78, 5) is 6.64. The van der Waals surface area contributed by atoms with E-state index in [4.69, 9.17) is 16.3 Å². The van der Waals surface area contributed by atoms with Gasteiger partial charge in [0.2, 0.25) is 0 Å². The fourth-order valence-electron chi connectivity index (χ4n) is 2.67. The van der Waals surface area contributed by atoms with Gasteiger partial charge in [-0.05, 0) is 21.0 Å². The quantitative estimate of drug-likeness (QED) is 0.768. The third-order valence-electron chi connectivity index (χ3n) is 3.42. The van der Waals surface area contributed by atoms with E-state index in [0.717, 1.165) is 17.9 Å². The second-order valence-electron chi connectivity index (χ2n) is 5.42.